The molecule has 0 N–H and O–H groups in total. The average molecular weight is 266 g/mol. The Hall–Kier alpha value is -1.16. The SMILES string of the molecule is O=C(CC1(CS)CC1)OCCOc1ccccc1. The summed E-state index contributed by atoms with van der Waals surface area (Å²) in [6, 6.07) is 9.50. The molecule has 0 saturated heterocycles. The Morgan fingerprint density at radius 1 is 1.22 bits per heavy atom. The van der Waals surface area contributed by atoms with Crippen molar-refractivity contribution in [1.82, 2.24) is 0 Å². The quantitative estimate of drug-likeness (QED) is 0.468. The number of hydrogen-bond acceptors (Lipinski definition) is 4. The topological polar surface area (TPSA) is 35.5 Å². The van der Waals surface area contributed by atoms with Crippen molar-refractivity contribution in [3.63, 3.8) is 0 Å². The standard InChI is InChI=1S/C14H18O3S/c15-13(10-14(11-18)6-7-14)17-9-8-16-12-4-2-1-3-5-12/h1-5,18H,6-11H2. The molecule has 0 bridgehead atoms. The van der Waals surface area contributed by atoms with Crippen LogP contribution in [0.15, 0.2) is 30.3 Å². The van der Waals surface area contributed by atoms with Crippen molar-refractivity contribution < 1.29 is 14.3 Å². The van der Waals surface area contributed by atoms with Crippen LogP contribution >= 0.6 is 12.6 Å². The van der Waals surface area contributed by atoms with Crippen LogP contribution in [0.1, 0.15) is 19.3 Å². The Balaban J connectivity index is 1.59. The number of carbonyl (C=O) groups is 1. The van der Waals surface area contributed by atoms with Crippen LogP contribution in [0.4, 0.5) is 0 Å². The second-order valence-electron chi connectivity index (χ2n) is 4.72. The summed E-state index contributed by atoms with van der Waals surface area (Å²) in [7, 11) is 0. The molecular weight excluding hydrogens is 248 g/mol. The fraction of sp³-hybridized carbons (Fsp3) is 0.500. The predicted molar refractivity (Wildman–Crippen MR) is 73.0 cm³/mol. The summed E-state index contributed by atoms with van der Waals surface area (Å²) in [6.07, 6.45) is 2.67. The third-order valence-corrected chi connectivity index (χ3v) is 3.84. The van der Waals surface area contributed by atoms with E-state index in [1.807, 2.05) is 30.3 Å². The first kappa shape index (κ1) is 13.3. The van der Waals surface area contributed by atoms with Gasteiger partial charge in [0, 0.05) is 0 Å². The minimum atomic E-state index is -0.141. The summed E-state index contributed by atoms with van der Waals surface area (Å²) in [4.78, 5) is 11.6. The van der Waals surface area contributed by atoms with Gasteiger partial charge in [0.1, 0.15) is 19.0 Å². The van der Waals surface area contributed by atoms with E-state index in [1.54, 1.807) is 0 Å². The predicted octanol–water partition coefficient (Wildman–Crippen LogP) is 2.71. The van der Waals surface area contributed by atoms with E-state index in [-0.39, 0.29) is 11.4 Å². The minimum Gasteiger partial charge on any atom is -0.490 e. The first-order valence-electron chi connectivity index (χ1n) is 6.18. The summed E-state index contributed by atoms with van der Waals surface area (Å²) in [5, 5.41) is 0. The van der Waals surface area contributed by atoms with Crippen molar-refractivity contribution in [3.8, 4) is 5.75 Å². The van der Waals surface area contributed by atoms with E-state index in [9.17, 15) is 4.79 Å². The summed E-state index contributed by atoms with van der Waals surface area (Å²) < 4.78 is 10.6. The van der Waals surface area contributed by atoms with Crippen LogP contribution < -0.4 is 4.74 Å². The Kier molecular flexibility index (Phi) is 4.53. The molecule has 98 valence electrons. The molecule has 0 heterocycles. The number of carbonyl (C=O) groups excluding carboxylic acids is 1. The van der Waals surface area contributed by atoms with E-state index < -0.39 is 0 Å². The molecule has 1 aliphatic rings. The van der Waals surface area contributed by atoms with E-state index >= 15 is 0 Å². The van der Waals surface area contributed by atoms with Crippen molar-refractivity contribution in [2.75, 3.05) is 19.0 Å². The molecule has 0 atom stereocenters. The highest BCUT2D eigenvalue weighted by Gasteiger charge is 2.43. The zero-order chi connectivity index (χ0) is 12.8. The second-order valence-corrected chi connectivity index (χ2v) is 5.03. The highest BCUT2D eigenvalue weighted by Crippen LogP contribution is 2.49. The maximum Gasteiger partial charge on any atom is 0.306 e. The van der Waals surface area contributed by atoms with Gasteiger partial charge in [-0.2, -0.15) is 12.6 Å². The molecule has 18 heavy (non-hydrogen) atoms. The van der Waals surface area contributed by atoms with Gasteiger partial charge in [0.2, 0.25) is 0 Å². The van der Waals surface area contributed by atoms with E-state index in [0.29, 0.717) is 19.6 Å². The normalized spacial score (nSPS) is 16.1. The Bertz CT molecular complexity index is 387. The molecule has 0 radical (unpaired) electrons. The maximum absolute atomic E-state index is 11.6. The lowest BCUT2D eigenvalue weighted by atomic mass is 10.1. The van der Waals surface area contributed by atoms with Gasteiger partial charge in [-0.3, -0.25) is 4.79 Å². The maximum atomic E-state index is 11.6. The molecule has 1 aromatic rings. The molecule has 1 saturated carbocycles. The fourth-order valence-corrected chi connectivity index (χ4v) is 2.18. The molecule has 0 aromatic heterocycles. The third kappa shape index (κ3) is 3.95. The number of hydrogen-bond donors (Lipinski definition) is 1. The first-order chi connectivity index (χ1) is 8.74. The van der Waals surface area contributed by atoms with E-state index in [4.69, 9.17) is 9.47 Å². The van der Waals surface area contributed by atoms with Gasteiger partial charge in [-0.05, 0) is 36.1 Å². The van der Waals surface area contributed by atoms with Crippen LogP contribution in [-0.2, 0) is 9.53 Å². The van der Waals surface area contributed by atoms with Gasteiger partial charge in [-0.25, -0.2) is 0 Å². The van der Waals surface area contributed by atoms with Crippen molar-refractivity contribution in [2.24, 2.45) is 5.41 Å². The lowest BCUT2D eigenvalue weighted by Gasteiger charge is -2.11. The number of para-hydroxylation sites is 1. The monoisotopic (exact) mass is 266 g/mol. The van der Waals surface area contributed by atoms with Crippen LogP contribution in [-0.4, -0.2) is 24.9 Å². The van der Waals surface area contributed by atoms with Gasteiger partial charge in [-0.15, -0.1) is 0 Å². The van der Waals surface area contributed by atoms with E-state index in [0.717, 1.165) is 24.3 Å². The number of thiol groups is 1. The summed E-state index contributed by atoms with van der Waals surface area (Å²) in [5.74, 6) is 1.42. The van der Waals surface area contributed by atoms with Gasteiger partial charge in [0.15, 0.2) is 0 Å². The summed E-state index contributed by atoms with van der Waals surface area (Å²) >= 11 is 4.26. The van der Waals surface area contributed by atoms with Crippen LogP contribution in [0, 0.1) is 5.41 Å². The fourth-order valence-electron chi connectivity index (χ4n) is 1.76. The van der Waals surface area contributed by atoms with Gasteiger partial charge in [0.05, 0.1) is 6.42 Å². The molecule has 0 amide bonds. The third-order valence-electron chi connectivity index (χ3n) is 3.17. The number of rotatable bonds is 7. The number of benzene rings is 1. The molecule has 4 heteroatoms. The molecule has 1 fully saturated rings. The van der Waals surface area contributed by atoms with E-state index in [1.165, 1.54) is 0 Å². The molecule has 0 unspecified atom stereocenters. The molecule has 1 aliphatic carbocycles. The van der Waals surface area contributed by atoms with Crippen molar-refractivity contribution in [1.29, 1.82) is 0 Å². The largest absolute Gasteiger partial charge is 0.490 e. The highest BCUT2D eigenvalue weighted by molar-refractivity contribution is 7.80. The number of esters is 1. The Morgan fingerprint density at radius 3 is 2.56 bits per heavy atom. The van der Waals surface area contributed by atoms with Gasteiger partial charge in [-0.1, -0.05) is 18.2 Å². The molecule has 3 nitrogen and oxygen atoms in total. The van der Waals surface area contributed by atoms with Crippen LogP contribution in [0.5, 0.6) is 5.75 Å². The minimum absolute atomic E-state index is 0.125. The Labute approximate surface area is 113 Å². The number of ether oxygens (including phenoxy) is 2. The summed E-state index contributed by atoms with van der Waals surface area (Å²) in [5.41, 5.74) is 0.125. The lowest BCUT2D eigenvalue weighted by Crippen LogP contribution is -2.17. The molecular formula is C14H18O3S. The van der Waals surface area contributed by atoms with Crippen LogP contribution in [0.3, 0.4) is 0 Å². The van der Waals surface area contributed by atoms with Crippen LogP contribution in [0.25, 0.3) is 0 Å². The van der Waals surface area contributed by atoms with E-state index in [2.05, 4.69) is 12.6 Å². The average Bonchev–Trinajstić information content (AvgIpc) is 3.16. The second kappa shape index (κ2) is 6.14. The lowest BCUT2D eigenvalue weighted by molar-refractivity contribution is -0.145. The van der Waals surface area contributed by atoms with Crippen molar-refractivity contribution in [2.45, 2.75) is 19.3 Å². The zero-order valence-electron chi connectivity index (χ0n) is 10.3. The molecule has 2 rings (SSSR count). The highest BCUT2D eigenvalue weighted by atomic mass is 32.1. The van der Waals surface area contributed by atoms with Crippen molar-refractivity contribution in [3.05, 3.63) is 30.3 Å². The molecule has 0 aliphatic heterocycles. The van der Waals surface area contributed by atoms with Gasteiger partial charge >= 0.3 is 5.97 Å². The molecule has 0 spiro atoms. The molecule has 1 aromatic carbocycles. The van der Waals surface area contributed by atoms with Crippen LogP contribution in [0.2, 0.25) is 0 Å². The summed E-state index contributed by atoms with van der Waals surface area (Å²) in [6.45, 7) is 0.694. The first-order valence-corrected chi connectivity index (χ1v) is 6.82. The zero-order valence-corrected chi connectivity index (χ0v) is 11.2. The smallest absolute Gasteiger partial charge is 0.306 e. The Morgan fingerprint density at radius 2 is 1.94 bits per heavy atom. The van der Waals surface area contributed by atoms with Gasteiger partial charge in [0.25, 0.3) is 0 Å². The van der Waals surface area contributed by atoms with Gasteiger partial charge < -0.3 is 9.47 Å². The van der Waals surface area contributed by atoms with Crippen molar-refractivity contribution >= 4 is 18.6 Å².